The molecule has 15 heavy (non-hydrogen) atoms. The quantitative estimate of drug-likeness (QED) is 0.732. The van der Waals surface area contributed by atoms with Gasteiger partial charge in [-0.3, -0.25) is 4.79 Å². The van der Waals surface area contributed by atoms with Crippen molar-refractivity contribution in [2.24, 2.45) is 0 Å². The number of aromatic hydroxyl groups is 1. The van der Waals surface area contributed by atoms with Gasteiger partial charge in [0.05, 0.1) is 5.69 Å². The second kappa shape index (κ2) is 4.34. The van der Waals surface area contributed by atoms with E-state index in [0.717, 1.165) is 17.5 Å². The van der Waals surface area contributed by atoms with Crippen LogP contribution in [0.2, 0.25) is 0 Å². The molecule has 82 valence electrons. The largest absolute Gasteiger partial charge is 0.506 e. The van der Waals surface area contributed by atoms with E-state index < -0.39 is 0 Å². The van der Waals surface area contributed by atoms with Crippen molar-refractivity contribution in [2.45, 2.75) is 34.1 Å². The van der Waals surface area contributed by atoms with E-state index in [1.807, 2.05) is 13.8 Å². The molecule has 2 N–H and O–H groups in total. The number of hydrogen-bond donors (Lipinski definition) is 2. The molecule has 0 spiro atoms. The van der Waals surface area contributed by atoms with Gasteiger partial charge in [0.25, 0.3) is 0 Å². The molecular formula is C12H17NO2. The van der Waals surface area contributed by atoms with Crippen molar-refractivity contribution < 1.29 is 9.90 Å². The molecule has 0 saturated heterocycles. The molecule has 3 heteroatoms. The van der Waals surface area contributed by atoms with Crippen LogP contribution in [0.1, 0.15) is 30.5 Å². The van der Waals surface area contributed by atoms with E-state index in [1.165, 1.54) is 12.5 Å². The van der Waals surface area contributed by atoms with Crippen LogP contribution in [0.5, 0.6) is 5.75 Å². The van der Waals surface area contributed by atoms with Gasteiger partial charge in [0.1, 0.15) is 5.75 Å². The van der Waals surface area contributed by atoms with Gasteiger partial charge in [-0.1, -0.05) is 6.92 Å². The van der Waals surface area contributed by atoms with Crippen molar-refractivity contribution in [3.05, 3.63) is 22.8 Å². The normalized spacial score (nSPS) is 10.1. The molecule has 1 aromatic carbocycles. The van der Waals surface area contributed by atoms with E-state index in [-0.39, 0.29) is 11.7 Å². The smallest absolute Gasteiger partial charge is 0.221 e. The summed E-state index contributed by atoms with van der Waals surface area (Å²) in [7, 11) is 0. The molecular weight excluding hydrogens is 190 g/mol. The van der Waals surface area contributed by atoms with Gasteiger partial charge in [-0.15, -0.1) is 0 Å². The summed E-state index contributed by atoms with van der Waals surface area (Å²) in [4.78, 5) is 11.0. The molecule has 0 bridgehead atoms. The Balaban J connectivity index is 3.32. The zero-order valence-electron chi connectivity index (χ0n) is 9.64. The van der Waals surface area contributed by atoms with Crippen LogP contribution in [0.4, 0.5) is 5.69 Å². The third-order valence-electron chi connectivity index (χ3n) is 2.57. The summed E-state index contributed by atoms with van der Waals surface area (Å²) >= 11 is 0. The SMILES string of the molecule is CCc1c(C)cc(O)c(NC(C)=O)c1C. The number of nitrogens with one attached hydrogen (secondary N) is 1. The lowest BCUT2D eigenvalue weighted by molar-refractivity contribution is -0.114. The van der Waals surface area contributed by atoms with Crippen LogP contribution in [-0.2, 0) is 11.2 Å². The van der Waals surface area contributed by atoms with Crippen molar-refractivity contribution in [2.75, 3.05) is 5.32 Å². The van der Waals surface area contributed by atoms with Crippen LogP contribution in [0, 0.1) is 13.8 Å². The zero-order chi connectivity index (χ0) is 11.6. The molecule has 0 heterocycles. The zero-order valence-corrected chi connectivity index (χ0v) is 9.64. The molecule has 0 aliphatic rings. The van der Waals surface area contributed by atoms with E-state index in [0.29, 0.717) is 5.69 Å². The first kappa shape index (κ1) is 11.6. The Kier molecular flexibility index (Phi) is 3.35. The van der Waals surface area contributed by atoms with Crippen molar-refractivity contribution >= 4 is 11.6 Å². The number of phenolic OH excluding ortho intramolecular Hbond substituents is 1. The number of carbonyl (C=O) groups is 1. The molecule has 0 radical (unpaired) electrons. The first-order chi connectivity index (χ1) is 6.97. The number of phenols is 1. The topological polar surface area (TPSA) is 49.3 Å². The Morgan fingerprint density at radius 1 is 1.47 bits per heavy atom. The number of rotatable bonds is 2. The van der Waals surface area contributed by atoms with Crippen LogP contribution in [-0.4, -0.2) is 11.0 Å². The molecule has 0 fully saturated rings. The van der Waals surface area contributed by atoms with Crippen molar-refractivity contribution in [1.82, 2.24) is 0 Å². The molecule has 3 nitrogen and oxygen atoms in total. The number of carbonyl (C=O) groups excluding carboxylic acids is 1. The summed E-state index contributed by atoms with van der Waals surface area (Å²) in [5.41, 5.74) is 3.72. The minimum Gasteiger partial charge on any atom is -0.506 e. The third-order valence-corrected chi connectivity index (χ3v) is 2.57. The Morgan fingerprint density at radius 2 is 2.07 bits per heavy atom. The standard InChI is InChI=1S/C12H17NO2/c1-5-10-7(2)6-11(15)12(8(10)3)13-9(4)14/h6,15H,5H2,1-4H3,(H,13,14). The van der Waals surface area contributed by atoms with Gasteiger partial charge in [-0.2, -0.15) is 0 Å². The van der Waals surface area contributed by atoms with E-state index in [9.17, 15) is 9.90 Å². The van der Waals surface area contributed by atoms with E-state index in [4.69, 9.17) is 0 Å². The maximum Gasteiger partial charge on any atom is 0.221 e. The average molecular weight is 207 g/mol. The molecule has 0 unspecified atom stereocenters. The van der Waals surface area contributed by atoms with Crippen molar-refractivity contribution in [3.8, 4) is 5.75 Å². The molecule has 0 aromatic heterocycles. The molecule has 0 aliphatic heterocycles. The lowest BCUT2D eigenvalue weighted by Crippen LogP contribution is -2.09. The second-order valence-electron chi connectivity index (χ2n) is 3.73. The molecule has 1 amide bonds. The Labute approximate surface area is 90.1 Å². The molecule has 1 aromatic rings. The molecule has 0 aliphatic carbocycles. The van der Waals surface area contributed by atoms with Gasteiger partial charge in [0.2, 0.25) is 5.91 Å². The summed E-state index contributed by atoms with van der Waals surface area (Å²) in [5, 5.41) is 12.4. The fourth-order valence-electron chi connectivity index (χ4n) is 1.88. The third kappa shape index (κ3) is 2.29. The molecule has 0 atom stereocenters. The summed E-state index contributed by atoms with van der Waals surface area (Å²) in [6, 6.07) is 1.69. The summed E-state index contributed by atoms with van der Waals surface area (Å²) in [6.45, 7) is 7.37. The van der Waals surface area contributed by atoms with Gasteiger partial charge < -0.3 is 10.4 Å². The second-order valence-corrected chi connectivity index (χ2v) is 3.73. The average Bonchev–Trinajstić information content (AvgIpc) is 2.12. The fraction of sp³-hybridized carbons (Fsp3) is 0.417. The lowest BCUT2D eigenvalue weighted by Gasteiger charge is -2.15. The van der Waals surface area contributed by atoms with Gasteiger partial charge >= 0.3 is 0 Å². The van der Waals surface area contributed by atoms with Gasteiger partial charge in [-0.25, -0.2) is 0 Å². The van der Waals surface area contributed by atoms with Crippen LogP contribution in [0.3, 0.4) is 0 Å². The number of benzene rings is 1. The number of amides is 1. The highest BCUT2D eigenvalue weighted by Gasteiger charge is 2.12. The Hall–Kier alpha value is -1.51. The highest BCUT2D eigenvalue weighted by Crippen LogP contribution is 2.32. The van der Waals surface area contributed by atoms with E-state index >= 15 is 0 Å². The van der Waals surface area contributed by atoms with Crippen LogP contribution < -0.4 is 5.32 Å². The number of anilines is 1. The highest BCUT2D eigenvalue weighted by atomic mass is 16.3. The van der Waals surface area contributed by atoms with E-state index in [1.54, 1.807) is 6.07 Å². The minimum absolute atomic E-state index is 0.136. The van der Waals surface area contributed by atoms with E-state index in [2.05, 4.69) is 12.2 Å². The number of aryl methyl sites for hydroxylation is 1. The highest BCUT2D eigenvalue weighted by molar-refractivity contribution is 5.91. The van der Waals surface area contributed by atoms with Crippen molar-refractivity contribution in [3.63, 3.8) is 0 Å². The maximum atomic E-state index is 11.0. The lowest BCUT2D eigenvalue weighted by atomic mass is 9.98. The predicted octanol–water partition coefficient (Wildman–Crippen LogP) is 2.53. The van der Waals surface area contributed by atoms with Gasteiger partial charge in [-0.05, 0) is 43.0 Å². The maximum absolute atomic E-state index is 11.0. The van der Waals surface area contributed by atoms with Crippen LogP contribution in [0.25, 0.3) is 0 Å². The van der Waals surface area contributed by atoms with Crippen LogP contribution in [0.15, 0.2) is 6.07 Å². The first-order valence-corrected chi connectivity index (χ1v) is 5.07. The Morgan fingerprint density at radius 3 is 2.53 bits per heavy atom. The first-order valence-electron chi connectivity index (χ1n) is 5.07. The summed E-state index contributed by atoms with van der Waals surface area (Å²) < 4.78 is 0. The summed E-state index contributed by atoms with van der Waals surface area (Å²) in [6.07, 6.45) is 0.893. The van der Waals surface area contributed by atoms with Crippen LogP contribution >= 0.6 is 0 Å². The van der Waals surface area contributed by atoms with Gasteiger partial charge in [0.15, 0.2) is 0 Å². The van der Waals surface area contributed by atoms with Gasteiger partial charge in [0, 0.05) is 6.92 Å². The Bertz CT molecular complexity index is 397. The summed E-state index contributed by atoms with van der Waals surface area (Å²) in [5.74, 6) is -0.0308. The molecule has 0 saturated carbocycles. The minimum atomic E-state index is -0.167. The predicted molar refractivity (Wildman–Crippen MR) is 61.3 cm³/mol. The number of hydrogen-bond acceptors (Lipinski definition) is 2. The monoisotopic (exact) mass is 207 g/mol. The van der Waals surface area contributed by atoms with Crippen molar-refractivity contribution in [1.29, 1.82) is 0 Å². The fourth-order valence-corrected chi connectivity index (χ4v) is 1.88. The molecule has 1 rings (SSSR count).